The van der Waals surface area contributed by atoms with Crippen LogP contribution in [0.3, 0.4) is 0 Å². The first kappa shape index (κ1) is 62.1. The van der Waals surface area contributed by atoms with Crippen molar-refractivity contribution in [3.8, 4) is 0 Å². The monoisotopic (exact) mass is 1050 g/mol. The van der Waals surface area contributed by atoms with Crippen molar-refractivity contribution in [2.75, 3.05) is 25.1 Å². The number of carboxylic acid groups (broad SMARTS) is 3. The number of rotatable bonds is 33. The largest absolute Gasteiger partial charge is 0.481 e. The van der Waals surface area contributed by atoms with E-state index in [2.05, 4.69) is 52.8 Å². The van der Waals surface area contributed by atoms with E-state index < -0.39 is 132 Å². The lowest BCUT2D eigenvalue weighted by molar-refractivity contribution is -0.143. The average molecular weight is 1050 g/mol. The van der Waals surface area contributed by atoms with E-state index in [-0.39, 0.29) is 56.9 Å². The number of amides is 8. The van der Waals surface area contributed by atoms with Crippen LogP contribution in [0.2, 0.25) is 0 Å². The fourth-order valence-electron chi connectivity index (χ4n) is 7.30. The zero-order valence-corrected chi connectivity index (χ0v) is 42.5. The van der Waals surface area contributed by atoms with E-state index in [9.17, 15) is 68.1 Å². The van der Waals surface area contributed by atoms with Gasteiger partial charge in [0.1, 0.15) is 48.3 Å². The molecule has 16 N–H and O–H groups in total. The molecule has 1 heterocycles. The Kier molecular flexibility index (Phi) is 27.3. The number of aliphatic imine (C=N–C) groups is 1. The van der Waals surface area contributed by atoms with E-state index in [0.29, 0.717) is 24.3 Å². The van der Waals surface area contributed by atoms with Crippen LogP contribution in [-0.4, -0.2) is 166 Å². The molecular weight excluding hydrogens is 977 g/mol. The van der Waals surface area contributed by atoms with E-state index in [4.69, 9.17) is 11.5 Å². The normalized spacial score (nSPS) is 16.3. The summed E-state index contributed by atoms with van der Waals surface area (Å²) in [6, 6.07) is -3.49. The predicted octanol–water partition coefficient (Wildman–Crippen LogP) is -2.82. The SMILES string of the molecule is CSCC[C@H](NC(=O)[C@H](CCC(=O)O)NC(=O)[C@@H]1CCCN1)C(=O)N[C@@H](C)C(=O)N[C@@H](C)C(=O)N[C@@H](CC(C)C)C(=O)N[C@@H](CCCN=C(N)N)C(=O)N[C@@H](CC(=O)O)C(=O)N[C@@H](Cc1ccccc1)C(=O)O. The molecule has 2 rings (SSSR count). The summed E-state index contributed by atoms with van der Waals surface area (Å²) in [6.07, 6.45) is 1.22. The fourth-order valence-corrected chi connectivity index (χ4v) is 7.77. The van der Waals surface area contributed by atoms with Crippen LogP contribution in [0.4, 0.5) is 0 Å². The minimum Gasteiger partial charge on any atom is -0.481 e. The van der Waals surface area contributed by atoms with Gasteiger partial charge in [-0.25, -0.2) is 4.79 Å². The molecular formula is C46H72N12O14S. The number of nitrogens with two attached hydrogens (primary N) is 2. The molecule has 1 saturated heterocycles. The van der Waals surface area contributed by atoms with Crippen LogP contribution in [0.25, 0.3) is 0 Å². The van der Waals surface area contributed by atoms with E-state index in [0.717, 1.165) is 6.42 Å². The Labute approximate surface area is 427 Å². The number of hydrogen-bond donors (Lipinski definition) is 14. The predicted molar refractivity (Wildman–Crippen MR) is 267 cm³/mol. The minimum atomic E-state index is -1.80. The van der Waals surface area contributed by atoms with Gasteiger partial charge in [0, 0.05) is 19.4 Å². The quantitative estimate of drug-likeness (QED) is 0.0192. The number of guanidine groups is 1. The highest BCUT2D eigenvalue weighted by Gasteiger charge is 2.35. The van der Waals surface area contributed by atoms with Crippen molar-refractivity contribution < 1.29 is 68.1 Å². The molecule has 1 aliphatic rings. The number of thioether (sulfide) groups is 1. The second kappa shape index (κ2) is 32.1. The molecule has 27 heteroatoms. The van der Waals surface area contributed by atoms with Crippen LogP contribution in [0, 0.1) is 5.92 Å². The minimum absolute atomic E-state index is 0.0105. The second-order valence-corrected chi connectivity index (χ2v) is 18.9. The van der Waals surface area contributed by atoms with Gasteiger partial charge in [0.05, 0.1) is 12.5 Å². The second-order valence-electron chi connectivity index (χ2n) is 17.9. The molecule has 1 fully saturated rings. The van der Waals surface area contributed by atoms with Gasteiger partial charge in [-0.15, -0.1) is 0 Å². The van der Waals surface area contributed by atoms with Crippen LogP contribution in [-0.2, 0) is 59.2 Å². The molecule has 0 aromatic heterocycles. The summed E-state index contributed by atoms with van der Waals surface area (Å²) < 4.78 is 0. The molecule has 0 aliphatic carbocycles. The Morgan fingerprint density at radius 2 is 1.15 bits per heavy atom. The summed E-state index contributed by atoms with van der Waals surface area (Å²) in [6.45, 7) is 6.71. The van der Waals surface area contributed by atoms with Crippen molar-refractivity contribution in [1.82, 2.24) is 47.9 Å². The molecule has 0 spiro atoms. The van der Waals surface area contributed by atoms with E-state index >= 15 is 0 Å². The lowest BCUT2D eigenvalue weighted by Gasteiger charge is -2.27. The maximum absolute atomic E-state index is 13.9. The third-order valence-electron chi connectivity index (χ3n) is 11.2. The Morgan fingerprint density at radius 1 is 0.644 bits per heavy atom. The Hall–Kier alpha value is -7.03. The molecule has 1 aliphatic heterocycles. The number of nitrogens with one attached hydrogen (secondary N) is 9. The number of nitrogens with zero attached hydrogens (tertiary/aromatic N) is 1. The van der Waals surface area contributed by atoms with Gasteiger partial charge in [-0.3, -0.25) is 52.9 Å². The molecule has 0 unspecified atom stereocenters. The molecule has 9 atom stereocenters. The van der Waals surface area contributed by atoms with Gasteiger partial charge in [0.15, 0.2) is 5.96 Å². The molecule has 26 nitrogen and oxygen atoms in total. The van der Waals surface area contributed by atoms with E-state index in [1.54, 1.807) is 50.4 Å². The molecule has 73 heavy (non-hydrogen) atoms. The summed E-state index contributed by atoms with van der Waals surface area (Å²) in [5.74, 6) is -11.0. The van der Waals surface area contributed by atoms with Crippen molar-refractivity contribution in [2.45, 2.75) is 146 Å². The zero-order chi connectivity index (χ0) is 54.8. The highest BCUT2D eigenvalue weighted by Crippen LogP contribution is 2.11. The van der Waals surface area contributed by atoms with Crippen LogP contribution in [0.5, 0.6) is 0 Å². The Balaban J connectivity index is 2.21. The van der Waals surface area contributed by atoms with Gasteiger partial charge < -0.3 is 74.6 Å². The number of carboxylic acids is 3. The summed E-state index contributed by atoms with van der Waals surface area (Å²) in [5.41, 5.74) is 11.4. The van der Waals surface area contributed by atoms with Crippen molar-refractivity contribution in [2.24, 2.45) is 22.4 Å². The van der Waals surface area contributed by atoms with E-state index in [1.807, 2.05) is 0 Å². The van der Waals surface area contributed by atoms with E-state index in [1.165, 1.54) is 25.6 Å². The van der Waals surface area contributed by atoms with Crippen molar-refractivity contribution in [1.29, 1.82) is 0 Å². The molecule has 0 bridgehead atoms. The first-order valence-corrected chi connectivity index (χ1v) is 25.2. The van der Waals surface area contributed by atoms with Crippen LogP contribution in [0.1, 0.15) is 91.0 Å². The standard InChI is InChI=1S/C46H72N12O14S/c1-24(2)21-32(43(69)53-29(14-10-19-50-46(47)48)41(67)57-33(23-36(61)62)44(70)58-34(45(71)72)22-27-11-7-6-8-12-27)56-38(64)26(4)51-37(63)25(3)52-40(66)31(17-20-73-5)55-42(68)30(15-16-35(59)60)54-39(65)28-13-9-18-49-28/h6-8,11-12,24-26,28-34,49H,9-10,13-23H2,1-5H3,(H,51,63)(H,52,66)(H,53,69)(H,54,65)(H,55,68)(H,56,64)(H,57,67)(H,58,70)(H,59,60)(H,61,62)(H,71,72)(H4,47,48,50)/t25-,26-,28-,29-,30-,31-,32-,33-,34-/m0/s1. The van der Waals surface area contributed by atoms with Crippen LogP contribution >= 0.6 is 11.8 Å². The molecule has 8 amide bonds. The first-order valence-electron chi connectivity index (χ1n) is 23.8. The number of carbonyl (C=O) groups excluding carboxylic acids is 8. The smallest absolute Gasteiger partial charge is 0.326 e. The van der Waals surface area contributed by atoms with Gasteiger partial charge in [-0.2, -0.15) is 11.8 Å². The maximum atomic E-state index is 13.9. The van der Waals surface area contributed by atoms with Crippen LogP contribution in [0.15, 0.2) is 35.3 Å². The molecule has 1 aromatic rings. The van der Waals surface area contributed by atoms with Crippen LogP contribution < -0.4 is 59.3 Å². The van der Waals surface area contributed by atoms with Gasteiger partial charge in [0.25, 0.3) is 0 Å². The van der Waals surface area contributed by atoms with Gasteiger partial charge >= 0.3 is 17.9 Å². The number of hydrogen-bond acceptors (Lipinski definition) is 14. The van der Waals surface area contributed by atoms with Gasteiger partial charge in [0.2, 0.25) is 47.3 Å². The van der Waals surface area contributed by atoms with Crippen molar-refractivity contribution in [3.63, 3.8) is 0 Å². The Morgan fingerprint density at radius 3 is 1.68 bits per heavy atom. The molecule has 406 valence electrons. The summed E-state index contributed by atoms with van der Waals surface area (Å²) in [5, 5.41) is 51.5. The number of aliphatic carboxylic acids is 3. The molecule has 0 saturated carbocycles. The zero-order valence-electron chi connectivity index (χ0n) is 41.7. The fraction of sp³-hybridized carbons (Fsp3) is 0.609. The maximum Gasteiger partial charge on any atom is 0.326 e. The van der Waals surface area contributed by atoms with Gasteiger partial charge in [-0.1, -0.05) is 44.2 Å². The number of carbonyl (C=O) groups is 11. The summed E-state index contributed by atoms with van der Waals surface area (Å²) in [7, 11) is 0. The average Bonchev–Trinajstić information content (AvgIpc) is 3.87. The highest BCUT2D eigenvalue weighted by molar-refractivity contribution is 7.98. The third kappa shape index (κ3) is 23.8. The third-order valence-corrected chi connectivity index (χ3v) is 11.9. The molecule has 1 aromatic carbocycles. The van der Waals surface area contributed by atoms with Crippen molar-refractivity contribution in [3.05, 3.63) is 35.9 Å². The topological polar surface area (TPSA) is 421 Å². The number of benzene rings is 1. The van der Waals surface area contributed by atoms with Gasteiger partial charge in [-0.05, 0) is 88.8 Å². The lowest BCUT2D eigenvalue weighted by Crippen LogP contribution is -2.60. The molecule has 0 radical (unpaired) electrons. The first-order chi connectivity index (χ1) is 34.4. The van der Waals surface area contributed by atoms with Crippen molar-refractivity contribution >= 4 is 82.9 Å². The highest BCUT2D eigenvalue weighted by atomic mass is 32.2. The lowest BCUT2D eigenvalue weighted by atomic mass is 10.0. The summed E-state index contributed by atoms with van der Waals surface area (Å²) >= 11 is 1.37. The Bertz CT molecular complexity index is 2110. The summed E-state index contributed by atoms with van der Waals surface area (Å²) in [4.78, 5) is 147.